The molecular formula is C15H12ClFO. The molecule has 0 fully saturated rings. The minimum absolute atomic E-state index is 0.0308. The van der Waals surface area contributed by atoms with E-state index < -0.39 is 0 Å². The number of hydrogen-bond donors (Lipinski definition) is 0. The third-order valence-corrected chi connectivity index (χ3v) is 3.09. The van der Waals surface area contributed by atoms with E-state index in [4.69, 9.17) is 11.6 Å². The van der Waals surface area contributed by atoms with Gasteiger partial charge in [0, 0.05) is 16.1 Å². The summed E-state index contributed by atoms with van der Waals surface area (Å²) in [6.07, 6.45) is 0. The van der Waals surface area contributed by atoms with Crippen LogP contribution in [0.2, 0.25) is 5.02 Å². The van der Waals surface area contributed by atoms with Crippen LogP contribution in [0.5, 0.6) is 0 Å². The zero-order valence-corrected chi connectivity index (χ0v) is 10.9. The van der Waals surface area contributed by atoms with Crippen LogP contribution in [0.1, 0.15) is 22.8 Å². The molecule has 0 aliphatic heterocycles. The van der Waals surface area contributed by atoms with Gasteiger partial charge in [0.05, 0.1) is 0 Å². The predicted octanol–water partition coefficient (Wildman–Crippen LogP) is 4.66. The molecular weight excluding hydrogens is 251 g/mol. The molecule has 0 amide bonds. The van der Waals surface area contributed by atoms with Crippen LogP contribution in [0.15, 0.2) is 36.4 Å². The Morgan fingerprint density at radius 2 is 1.89 bits per heavy atom. The van der Waals surface area contributed by atoms with E-state index in [0.717, 1.165) is 5.56 Å². The third kappa shape index (κ3) is 2.44. The number of halogens is 2. The predicted molar refractivity (Wildman–Crippen MR) is 71.6 cm³/mol. The first kappa shape index (κ1) is 12.8. The average Bonchev–Trinajstić information content (AvgIpc) is 2.33. The largest absolute Gasteiger partial charge is 0.295 e. The molecule has 0 unspecified atom stereocenters. The van der Waals surface area contributed by atoms with E-state index in [9.17, 15) is 9.18 Å². The second kappa shape index (κ2) is 4.91. The second-order valence-electron chi connectivity index (χ2n) is 4.21. The molecule has 2 aromatic carbocycles. The van der Waals surface area contributed by atoms with E-state index in [-0.39, 0.29) is 11.6 Å². The number of carbonyl (C=O) groups excluding carboxylic acids is 1. The van der Waals surface area contributed by atoms with Gasteiger partial charge in [-0.25, -0.2) is 4.39 Å². The molecule has 18 heavy (non-hydrogen) atoms. The summed E-state index contributed by atoms with van der Waals surface area (Å²) >= 11 is 5.87. The lowest BCUT2D eigenvalue weighted by Gasteiger charge is -2.08. The molecule has 2 rings (SSSR count). The molecule has 0 atom stereocenters. The molecule has 0 bridgehead atoms. The van der Waals surface area contributed by atoms with Gasteiger partial charge in [0.1, 0.15) is 5.82 Å². The van der Waals surface area contributed by atoms with Crippen LogP contribution in [-0.4, -0.2) is 5.78 Å². The Morgan fingerprint density at radius 1 is 1.17 bits per heavy atom. The van der Waals surface area contributed by atoms with Gasteiger partial charge in [-0.2, -0.15) is 0 Å². The lowest BCUT2D eigenvalue weighted by atomic mass is 9.97. The van der Waals surface area contributed by atoms with Crippen molar-refractivity contribution in [2.45, 2.75) is 13.8 Å². The lowest BCUT2D eigenvalue weighted by Crippen LogP contribution is -1.97. The van der Waals surface area contributed by atoms with Crippen molar-refractivity contribution in [3.05, 3.63) is 58.4 Å². The molecule has 0 aromatic heterocycles. The van der Waals surface area contributed by atoms with E-state index in [2.05, 4.69) is 0 Å². The Morgan fingerprint density at radius 3 is 2.56 bits per heavy atom. The van der Waals surface area contributed by atoms with Crippen molar-refractivity contribution in [2.75, 3.05) is 0 Å². The summed E-state index contributed by atoms with van der Waals surface area (Å²) in [6.45, 7) is 3.36. The van der Waals surface area contributed by atoms with Gasteiger partial charge >= 0.3 is 0 Å². The summed E-state index contributed by atoms with van der Waals surface area (Å²) in [5.41, 5.74) is 2.55. The Kier molecular flexibility index (Phi) is 3.48. The maximum absolute atomic E-state index is 13.7. The zero-order valence-electron chi connectivity index (χ0n) is 10.1. The van der Waals surface area contributed by atoms with Gasteiger partial charge in [-0.3, -0.25) is 4.79 Å². The van der Waals surface area contributed by atoms with Crippen LogP contribution in [0.4, 0.5) is 4.39 Å². The van der Waals surface area contributed by atoms with Gasteiger partial charge in [0.15, 0.2) is 5.78 Å². The van der Waals surface area contributed by atoms with Gasteiger partial charge < -0.3 is 0 Å². The van der Waals surface area contributed by atoms with Gasteiger partial charge in [0.25, 0.3) is 0 Å². The van der Waals surface area contributed by atoms with Crippen molar-refractivity contribution >= 4 is 17.4 Å². The molecule has 0 aliphatic carbocycles. The number of benzene rings is 2. The monoisotopic (exact) mass is 262 g/mol. The molecule has 92 valence electrons. The van der Waals surface area contributed by atoms with Crippen LogP contribution in [0, 0.1) is 12.7 Å². The summed E-state index contributed by atoms with van der Waals surface area (Å²) in [6, 6.07) is 9.69. The first-order chi connectivity index (χ1) is 8.49. The number of carbonyl (C=O) groups is 1. The highest BCUT2D eigenvalue weighted by Gasteiger charge is 2.10. The first-order valence-corrected chi connectivity index (χ1v) is 5.94. The Bertz CT molecular complexity index is 620. The standard InChI is InChI=1S/C15H12ClFO/c1-9-3-4-11(7-13(9)10(2)18)14-8-12(16)5-6-15(14)17/h3-8H,1-2H3. The highest BCUT2D eigenvalue weighted by molar-refractivity contribution is 6.30. The fourth-order valence-electron chi connectivity index (χ4n) is 1.89. The maximum Gasteiger partial charge on any atom is 0.160 e. The minimum atomic E-state index is -0.349. The molecule has 0 aliphatic rings. The van der Waals surface area contributed by atoms with Crippen molar-refractivity contribution in [1.82, 2.24) is 0 Å². The molecule has 0 N–H and O–H groups in total. The van der Waals surface area contributed by atoms with Crippen LogP contribution in [0.25, 0.3) is 11.1 Å². The normalized spacial score (nSPS) is 10.4. The van der Waals surface area contributed by atoms with Gasteiger partial charge in [-0.05, 0) is 49.2 Å². The molecule has 0 heterocycles. The van der Waals surface area contributed by atoms with E-state index in [1.54, 1.807) is 18.2 Å². The zero-order chi connectivity index (χ0) is 13.3. The van der Waals surface area contributed by atoms with E-state index in [1.165, 1.54) is 19.1 Å². The Hall–Kier alpha value is -1.67. The van der Waals surface area contributed by atoms with Gasteiger partial charge in [-0.1, -0.05) is 23.7 Å². The van der Waals surface area contributed by atoms with E-state index in [0.29, 0.717) is 21.7 Å². The SMILES string of the molecule is CC(=O)c1cc(-c2cc(Cl)ccc2F)ccc1C. The molecule has 3 heteroatoms. The van der Waals surface area contributed by atoms with Crippen molar-refractivity contribution in [2.24, 2.45) is 0 Å². The van der Waals surface area contributed by atoms with E-state index in [1.807, 2.05) is 13.0 Å². The molecule has 1 nitrogen and oxygen atoms in total. The van der Waals surface area contributed by atoms with Crippen LogP contribution >= 0.6 is 11.6 Å². The van der Waals surface area contributed by atoms with E-state index >= 15 is 0 Å². The molecule has 0 saturated carbocycles. The number of Topliss-reactive ketones (excluding diaryl/α,β-unsaturated/α-hetero) is 1. The van der Waals surface area contributed by atoms with Crippen molar-refractivity contribution < 1.29 is 9.18 Å². The van der Waals surface area contributed by atoms with Crippen LogP contribution < -0.4 is 0 Å². The average molecular weight is 263 g/mol. The third-order valence-electron chi connectivity index (χ3n) is 2.86. The Labute approximate surface area is 110 Å². The molecule has 0 saturated heterocycles. The topological polar surface area (TPSA) is 17.1 Å². The number of ketones is 1. The summed E-state index contributed by atoms with van der Waals surface area (Å²) in [5, 5.41) is 0.469. The number of hydrogen-bond acceptors (Lipinski definition) is 1. The minimum Gasteiger partial charge on any atom is -0.295 e. The molecule has 0 radical (unpaired) electrons. The van der Waals surface area contributed by atoms with Crippen molar-refractivity contribution in [3.8, 4) is 11.1 Å². The fraction of sp³-hybridized carbons (Fsp3) is 0.133. The van der Waals surface area contributed by atoms with Gasteiger partial charge in [0.2, 0.25) is 0 Å². The molecule has 0 spiro atoms. The van der Waals surface area contributed by atoms with Gasteiger partial charge in [-0.15, -0.1) is 0 Å². The summed E-state index contributed by atoms with van der Waals surface area (Å²) in [4.78, 5) is 11.5. The second-order valence-corrected chi connectivity index (χ2v) is 4.65. The van der Waals surface area contributed by atoms with Crippen LogP contribution in [0.3, 0.4) is 0 Å². The van der Waals surface area contributed by atoms with Crippen molar-refractivity contribution in [3.63, 3.8) is 0 Å². The highest BCUT2D eigenvalue weighted by atomic mass is 35.5. The number of aryl methyl sites for hydroxylation is 1. The lowest BCUT2D eigenvalue weighted by molar-refractivity contribution is 0.101. The molecule has 2 aromatic rings. The quantitative estimate of drug-likeness (QED) is 0.720. The van der Waals surface area contributed by atoms with Crippen molar-refractivity contribution in [1.29, 1.82) is 0 Å². The fourth-order valence-corrected chi connectivity index (χ4v) is 2.06. The number of rotatable bonds is 2. The Balaban J connectivity index is 2.61. The highest BCUT2D eigenvalue weighted by Crippen LogP contribution is 2.27. The first-order valence-electron chi connectivity index (χ1n) is 5.56. The summed E-state index contributed by atoms with van der Waals surface area (Å²) < 4.78 is 13.7. The summed E-state index contributed by atoms with van der Waals surface area (Å²) in [5.74, 6) is -0.380. The smallest absolute Gasteiger partial charge is 0.160 e. The summed E-state index contributed by atoms with van der Waals surface area (Å²) in [7, 11) is 0. The maximum atomic E-state index is 13.7. The van der Waals surface area contributed by atoms with Crippen LogP contribution in [-0.2, 0) is 0 Å².